The van der Waals surface area contributed by atoms with Crippen molar-refractivity contribution in [1.29, 1.82) is 0 Å². The molecule has 0 spiro atoms. The highest BCUT2D eigenvalue weighted by atomic mass is 16.5. The van der Waals surface area contributed by atoms with Crippen LogP contribution in [0, 0.1) is 10.8 Å². The van der Waals surface area contributed by atoms with E-state index in [0.717, 1.165) is 23.4 Å². The molecule has 0 aromatic heterocycles. The number of benzene rings is 2. The number of carbonyl (C=O) groups excluding carboxylic acids is 1. The van der Waals surface area contributed by atoms with E-state index in [4.69, 9.17) is 10.5 Å². The molecule has 2 aromatic carbocycles. The first-order chi connectivity index (χ1) is 13.6. The molecule has 1 fully saturated rings. The molecule has 0 heterocycles. The van der Waals surface area contributed by atoms with Crippen LogP contribution in [0.4, 0.5) is 0 Å². The topological polar surface area (TPSA) is 64.3 Å². The molecular weight excluding hydrogens is 360 g/mol. The molecule has 4 heteroatoms. The van der Waals surface area contributed by atoms with Gasteiger partial charge in [-0.1, -0.05) is 52.0 Å². The quantitative estimate of drug-likeness (QED) is 0.648. The van der Waals surface area contributed by atoms with E-state index in [1.54, 1.807) is 6.07 Å². The van der Waals surface area contributed by atoms with Crippen LogP contribution in [-0.2, 0) is 0 Å². The number of nitrogens with two attached hydrogens (primary N) is 1. The first-order valence-electron chi connectivity index (χ1n) is 10.5. The van der Waals surface area contributed by atoms with E-state index in [1.165, 1.54) is 19.3 Å². The molecule has 0 atom stereocenters. The molecule has 0 saturated heterocycles. The number of amides is 1. The van der Waals surface area contributed by atoms with Gasteiger partial charge >= 0.3 is 0 Å². The van der Waals surface area contributed by atoms with Crippen LogP contribution < -0.4 is 15.8 Å². The molecule has 1 aliphatic carbocycles. The highest BCUT2D eigenvalue weighted by Crippen LogP contribution is 2.45. The van der Waals surface area contributed by atoms with E-state index in [9.17, 15) is 4.79 Å². The standard InChI is InChI=1S/C25H34N2O2/c1-24(2)15-21(16-25(3,4)17-24)27-12-13-29-22-10-8-18(9-11-22)19-6-5-7-20(14-19)23(26)28/h5-11,14,21,27H,12-13,15-17H2,1-4H3,(H2,26,28). The molecule has 1 amide bonds. The van der Waals surface area contributed by atoms with Gasteiger partial charge in [-0.05, 0) is 65.5 Å². The number of primary amides is 1. The largest absolute Gasteiger partial charge is 0.492 e. The summed E-state index contributed by atoms with van der Waals surface area (Å²) in [6, 6.07) is 15.9. The normalized spacial score (nSPS) is 18.3. The van der Waals surface area contributed by atoms with Gasteiger partial charge in [0.25, 0.3) is 0 Å². The summed E-state index contributed by atoms with van der Waals surface area (Å²) in [5.41, 5.74) is 8.67. The lowest BCUT2D eigenvalue weighted by molar-refractivity contribution is 0.0835. The zero-order valence-electron chi connectivity index (χ0n) is 18.1. The Balaban J connectivity index is 1.50. The minimum absolute atomic E-state index is 0.391. The van der Waals surface area contributed by atoms with Crippen molar-refractivity contribution >= 4 is 5.91 Å². The van der Waals surface area contributed by atoms with Crippen molar-refractivity contribution < 1.29 is 9.53 Å². The van der Waals surface area contributed by atoms with Crippen molar-refractivity contribution in [3.8, 4) is 16.9 Å². The van der Waals surface area contributed by atoms with E-state index in [-0.39, 0.29) is 0 Å². The second-order valence-corrected chi connectivity index (χ2v) is 9.88. The second-order valence-electron chi connectivity index (χ2n) is 9.88. The maximum atomic E-state index is 11.4. The number of rotatable bonds is 7. The SMILES string of the molecule is CC1(C)CC(NCCOc2ccc(-c3cccc(C(N)=O)c3)cc2)CC(C)(C)C1. The Kier molecular flexibility index (Phi) is 6.33. The molecule has 4 nitrogen and oxygen atoms in total. The Bertz CT molecular complexity index is 824. The van der Waals surface area contributed by atoms with E-state index in [0.29, 0.717) is 29.0 Å². The fourth-order valence-electron chi connectivity index (χ4n) is 5.02. The molecule has 3 N–H and O–H groups in total. The molecule has 0 radical (unpaired) electrons. The van der Waals surface area contributed by atoms with Crippen LogP contribution in [0.15, 0.2) is 48.5 Å². The zero-order valence-corrected chi connectivity index (χ0v) is 18.1. The van der Waals surface area contributed by atoms with Crippen LogP contribution in [-0.4, -0.2) is 25.1 Å². The van der Waals surface area contributed by atoms with Crippen molar-refractivity contribution in [2.24, 2.45) is 16.6 Å². The van der Waals surface area contributed by atoms with Crippen molar-refractivity contribution in [2.75, 3.05) is 13.2 Å². The monoisotopic (exact) mass is 394 g/mol. The molecular formula is C25H34N2O2. The van der Waals surface area contributed by atoms with Crippen LogP contribution in [0.2, 0.25) is 0 Å². The number of hydrogen-bond donors (Lipinski definition) is 2. The van der Waals surface area contributed by atoms with E-state index < -0.39 is 5.91 Å². The van der Waals surface area contributed by atoms with E-state index in [1.807, 2.05) is 42.5 Å². The van der Waals surface area contributed by atoms with E-state index in [2.05, 4.69) is 33.0 Å². The smallest absolute Gasteiger partial charge is 0.248 e. The van der Waals surface area contributed by atoms with E-state index >= 15 is 0 Å². The molecule has 3 rings (SSSR count). The maximum absolute atomic E-state index is 11.4. The van der Waals surface area contributed by atoms with Crippen LogP contribution in [0.3, 0.4) is 0 Å². The molecule has 156 valence electrons. The Morgan fingerprint density at radius 2 is 1.69 bits per heavy atom. The average Bonchev–Trinajstić information content (AvgIpc) is 2.63. The van der Waals surface area contributed by atoms with Crippen LogP contribution in [0.1, 0.15) is 57.3 Å². The fraction of sp³-hybridized carbons (Fsp3) is 0.480. The lowest BCUT2D eigenvalue weighted by Crippen LogP contribution is -2.44. The van der Waals surface area contributed by atoms with Gasteiger partial charge in [0.15, 0.2) is 0 Å². The minimum atomic E-state index is -0.413. The number of nitrogens with one attached hydrogen (secondary N) is 1. The first-order valence-corrected chi connectivity index (χ1v) is 10.5. The molecule has 1 aliphatic rings. The third-order valence-electron chi connectivity index (χ3n) is 5.69. The van der Waals surface area contributed by atoms with Gasteiger partial charge in [0, 0.05) is 18.2 Å². The minimum Gasteiger partial charge on any atom is -0.492 e. The van der Waals surface area contributed by atoms with Gasteiger partial charge in [0.2, 0.25) is 5.91 Å². The molecule has 0 unspecified atom stereocenters. The van der Waals surface area contributed by atoms with Crippen LogP contribution in [0.5, 0.6) is 5.75 Å². The number of hydrogen-bond acceptors (Lipinski definition) is 3. The third-order valence-corrected chi connectivity index (χ3v) is 5.69. The fourth-order valence-corrected chi connectivity index (χ4v) is 5.02. The summed E-state index contributed by atoms with van der Waals surface area (Å²) in [6.45, 7) is 11.0. The predicted molar refractivity (Wildman–Crippen MR) is 119 cm³/mol. The van der Waals surface area contributed by atoms with Gasteiger partial charge in [-0.2, -0.15) is 0 Å². The van der Waals surface area contributed by atoms with Gasteiger partial charge < -0.3 is 15.8 Å². The van der Waals surface area contributed by atoms with Crippen molar-refractivity contribution in [2.45, 2.75) is 53.0 Å². The lowest BCUT2D eigenvalue weighted by Gasteiger charge is -2.45. The van der Waals surface area contributed by atoms with Crippen molar-refractivity contribution in [3.63, 3.8) is 0 Å². The molecule has 2 aromatic rings. The number of ether oxygens (including phenoxy) is 1. The molecule has 0 aliphatic heterocycles. The first kappa shape index (κ1) is 21.4. The Morgan fingerprint density at radius 1 is 1.03 bits per heavy atom. The third kappa shape index (κ3) is 6.07. The lowest BCUT2D eigenvalue weighted by atomic mass is 9.63. The predicted octanol–water partition coefficient (Wildman–Crippen LogP) is 5.03. The van der Waals surface area contributed by atoms with Crippen LogP contribution >= 0.6 is 0 Å². The van der Waals surface area contributed by atoms with Gasteiger partial charge in [-0.3, -0.25) is 4.79 Å². The summed E-state index contributed by atoms with van der Waals surface area (Å²) in [5.74, 6) is 0.440. The van der Waals surface area contributed by atoms with Gasteiger partial charge in [-0.25, -0.2) is 0 Å². The average molecular weight is 395 g/mol. The van der Waals surface area contributed by atoms with Gasteiger partial charge in [0.05, 0.1) is 0 Å². The molecule has 29 heavy (non-hydrogen) atoms. The molecule has 0 bridgehead atoms. The summed E-state index contributed by atoms with van der Waals surface area (Å²) in [7, 11) is 0. The highest BCUT2D eigenvalue weighted by Gasteiger charge is 2.37. The van der Waals surface area contributed by atoms with Gasteiger partial charge in [-0.15, -0.1) is 0 Å². The summed E-state index contributed by atoms with van der Waals surface area (Å²) < 4.78 is 5.92. The Labute approximate surface area is 174 Å². The Morgan fingerprint density at radius 3 is 2.31 bits per heavy atom. The number of carbonyl (C=O) groups is 1. The van der Waals surface area contributed by atoms with Crippen molar-refractivity contribution in [3.05, 3.63) is 54.1 Å². The summed E-state index contributed by atoms with van der Waals surface area (Å²) >= 11 is 0. The molecule has 1 saturated carbocycles. The van der Waals surface area contributed by atoms with Crippen molar-refractivity contribution in [1.82, 2.24) is 5.32 Å². The second kappa shape index (κ2) is 8.58. The van der Waals surface area contributed by atoms with Crippen LogP contribution in [0.25, 0.3) is 11.1 Å². The zero-order chi connectivity index (χ0) is 21.1. The Hall–Kier alpha value is -2.33. The highest BCUT2D eigenvalue weighted by molar-refractivity contribution is 5.94. The van der Waals surface area contributed by atoms with Gasteiger partial charge in [0.1, 0.15) is 12.4 Å². The maximum Gasteiger partial charge on any atom is 0.248 e. The summed E-state index contributed by atoms with van der Waals surface area (Å²) in [6.07, 6.45) is 3.72. The summed E-state index contributed by atoms with van der Waals surface area (Å²) in [5, 5.41) is 3.69. The summed E-state index contributed by atoms with van der Waals surface area (Å²) in [4.78, 5) is 11.4.